The van der Waals surface area contributed by atoms with Crippen molar-refractivity contribution in [3.05, 3.63) is 34.8 Å². The average Bonchev–Trinajstić information content (AvgIpc) is 2.75. The van der Waals surface area contributed by atoms with E-state index in [1.807, 2.05) is 0 Å². The van der Waals surface area contributed by atoms with Gasteiger partial charge in [0.2, 0.25) is 11.0 Å². The lowest BCUT2D eigenvalue weighted by molar-refractivity contribution is -0.274. The van der Waals surface area contributed by atoms with Crippen molar-refractivity contribution in [2.75, 3.05) is 5.32 Å². The van der Waals surface area contributed by atoms with Gasteiger partial charge in [-0.25, -0.2) is 0 Å². The van der Waals surface area contributed by atoms with Gasteiger partial charge in [0, 0.05) is 0 Å². The minimum atomic E-state index is -4.73. The van der Waals surface area contributed by atoms with Crippen LogP contribution in [0.4, 0.5) is 18.3 Å². The predicted molar refractivity (Wildman–Crippen MR) is 70.1 cm³/mol. The summed E-state index contributed by atoms with van der Waals surface area (Å²) in [7, 11) is 0. The molecule has 1 heterocycles. The Morgan fingerprint density at radius 1 is 1.29 bits per heavy atom. The highest BCUT2D eigenvalue weighted by atomic mass is 32.1. The number of nitrogens with one attached hydrogen (secondary N) is 1. The molecule has 1 aromatic carbocycles. The number of benzene rings is 1. The average molecular weight is 317 g/mol. The van der Waals surface area contributed by atoms with E-state index in [1.165, 1.54) is 23.5 Å². The van der Waals surface area contributed by atoms with Gasteiger partial charge in [-0.1, -0.05) is 23.5 Å². The van der Waals surface area contributed by atoms with Crippen molar-refractivity contribution in [2.24, 2.45) is 0 Å². The Balaban J connectivity index is 1.92. The Morgan fingerprint density at radius 2 is 1.95 bits per heavy atom. The molecule has 9 heteroatoms. The molecule has 0 saturated heterocycles. The fourth-order valence-corrected chi connectivity index (χ4v) is 2.11. The quantitative estimate of drug-likeness (QED) is 0.942. The summed E-state index contributed by atoms with van der Waals surface area (Å²) in [4.78, 5) is 11.7. The first-order chi connectivity index (χ1) is 9.82. The van der Waals surface area contributed by atoms with Gasteiger partial charge in [0.25, 0.3) is 0 Å². The maximum absolute atomic E-state index is 12.0. The summed E-state index contributed by atoms with van der Waals surface area (Å²) in [5.41, 5.74) is 0.559. The van der Waals surface area contributed by atoms with Gasteiger partial charge in [-0.3, -0.25) is 4.79 Å². The van der Waals surface area contributed by atoms with Gasteiger partial charge in [-0.2, -0.15) is 0 Å². The third-order valence-electron chi connectivity index (χ3n) is 2.29. The number of aryl methyl sites for hydroxylation is 1. The number of anilines is 1. The van der Waals surface area contributed by atoms with Crippen LogP contribution in [0.5, 0.6) is 5.75 Å². The number of amides is 1. The van der Waals surface area contributed by atoms with E-state index in [0.29, 0.717) is 10.7 Å². The van der Waals surface area contributed by atoms with Crippen LogP contribution in [0.1, 0.15) is 10.6 Å². The van der Waals surface area contributed by atoms with Gasteiger partial charge < -0.3 is 10.1 Å². The molecule has 0 saturated carbocycles. The van der Waals surface area contributed by atoms with E-state index in [1.54, 1.807) is 6.92 Å². The molecule has 5 nitrogen and oxygen atoms in total. The van der Waals surface area contributed by atoms with Crippen LogP contribution in [0.25, 0.3) is 0 Å². The lowest BCUT2D eigenvalue weighted by Gasteiger charge is -2.09. The number of nitrogens with zero attached hydrogens (tertiary/aromatic N) is 2. The van der Waals surface area contributed by atoms with E-state index in [-0.39, 0.29) is 18.1 Å². The zero-order valence-electron chi connectivity index (χ0n) is 10.8. The first-order valence-electron chi connectivity index (χ1n) is 5.76. The minimum Gasteiger partial charge on any atom is -0.406 e. The molecule has 1 aromatic heterocycles. The van der Waals surface area contributed by atoms with Crippen molar-refractivity contribution in [1.82, 2.24) is 10.2 Å². The van der Waals surface area contributed by atoms with Gasteiger partial charge in [-0.05, 0) is 24.6 Å². The van der Waals surface area contributed by atoms with Crippen LogP contribution in [0.2, 0.25) is 0 Å². The maximum atomic E-state index is 12.0. The Hall–Kier alpha value is -2.16. The molecule has 0 aliphatic rings. The van der Waals surface area contributed by atoms with Crippen LogP contribution in [0.3, 0.4) is 0 Å². The molecule has 21 heavy (non-hydrogen) atoms. The SMILES string of the molecule is Cc1nnc(NC(=O)Cc2ccc(OC(F)(F)F)cc2)s1. The number of alkyl halides is 3. The van der Waals surface area contributed by atoms with Gasteiger partial charge >= 0.3 is 6.36 Å². The standard InChI is InChI=1S/C12H10F3N3O2S/c1-7-17-18-11(21-7)16-10(19)6-8-2-4-9(5-3-8)20-12(13,14)15/h2-5H,6H2,1H3,(H,16,18,19). The maximum Gasteiger partial charge on any atom is 0.573 e. The molecule has 0 aliphatic carbocycles. The van der Waals surface area contributed by atoms with Crippen molar-refractivity contribution < 1.29 is 22.7 Å². The molecule has 2 rings (SSSR count). The highest BCUT2D eigenvalue weighted by Gasteiger charge is 2.30. The number of ether oxygens (including phenoxy) is 1. The molecular weight excluding hydrogens is 307 g/mol. The Kier molecular flexibility index (Phi) is 4.41. The molecular formula is C12H10F3N3O2S. The Labute approximate surface area is 121 Å². The van der Waals surface area contributed by atoms with Crippen molar-refractivity contribution in [2.45, 2.75) is 19.7 Å². The van der Waals surface area contributed by atoms with Crippen LogP contribution in [-0.2, 0) is 11.2 Å². The first-order valence-corrected chi connectivity index (χ1v) is 6.58. The third-order valence-corrected chi connectivity index (χ3v) is 3.05. The lowest BCUT2D eigenvalue weighted by Crippen LogP contribution is -2.17. The smallest absolute Gasteiger partial charge is 0.406 e. The van der Waals surface area contributed by atoms with Crippen LogP contribution < -0.4 is 10.1 Å². The molecule has 0 spiro atoms. The van der Waals surface area contributed by atoms with Gasteiger partial charge in [-0.15, -0.1) is 23.4 Å². The molecule has 0 fully saturated rings. The molecule has 1 amide bonds. The van der Waals surface area contributed by atoms with E-state index in [2.05, 4.69) is 20.3 Å². The van der Waals surface area contributed by atoms with Crippen LogP contribution in [0, 0.1) is 6.92 Å². The van der Waals surface area contributed by atoms with E-state index >= 15 is 0 Å². The van der Waals surface area contributed by atoms with Gasteiger partial charge in [0.15, 0.2) is 0 Å². The van der Waals surface area contributed by atoms with Gasteiger partial charge in [0.05, 0.1) is 6.42 Å². The summed E-state index contributed by atoms with van der Waals surface area (Å²) in [6.45, 7) is 1.76. The number of hydrogen-bond acceptors (Lipinski definition) is 5. The van der Waals surface area contributed by atoms with Crippen LogP contribution in [0.15, 0.2) is 24.3 Å². The molecule has 0 aliphatic heterocycles. The largest absolute Gasteiger partial charge is 0.573 e. The fourth-order valence-electron chi connectivity index (χ4n) is 1.50. The summed E-state index contributed by atoms with van der Waals surface area (Å²) < 4.78 is 39.7. The highest BCUT2D eigenvalue weighted by Crippen LogP contribution is 2.23. The fraction of sp³-hybridized carbons (Fsp3) is 0.250. The van der Waals surface area contributed by atoms with Crippen LogP contribution >= 0.6 is 11.3 Å². The molecule has 112 valence electrons. The van der Waals surface area contributed by atoms with Crippen molar-refractivity contribution in [3.8, 4) is 5.75 Å². The zero-order chi connectivity index (χ0) is 15.5. The summed E-state index contributed by atoms with van der Waals surface area (Å²) >= 11 is 1.24. The van der Waals surface area contributed by atoms with Crippen molar-refractivity contribution >= 4 is 22.4 Å². The molecule has 0 bridgehead atoms. The second kappa shape index (κ2) is 6.08. The Morgan fingerprint density at radius 3 is 2.48 bits per heavy atom. The topological polar surface area (TPSA) is 64.1 Å². The summed E-state index contributed by atoms with van der Waals surface area (Å²) in [6, 6.07) is 5.11. The monoisotopic (exact) mass is 317 g/mol. The number of hydrogen-bond donors (Lipinski definition) is 1. The van der Waals surface area contributed by atoms with Gasteiger partial charge in [0.1, 0.15) is 10.8 Å². The number of halogens is 3. The molecule has 2 aromatic rings. The molecule has 0 radical (unpaired) electrons. The highest BCUT2D eigenvalue weighted by molar-refractivity contribution is 7.15. The second-order valence-electron chi connectivity index (χ2n) is 4.04. The first kappa shape index (κ1) is 15.2. The third kappa shape index (κ3) is 5.03. The van der Waals surface area contributed by atoms with Crippen LogP contribution in [-0.4, -0.2) is 22.5 Å². The summed E-state index contributed by atoms with van der Waals surface area (Å²) in [5, 5.41) is 11.2. The second-order valence-corrected chi connectivity index (χ2v) is 5.22. The number of aromatic nitrogens is 2. The number of carbonyl (C=O) groups is 1. The number of rotatable bonds is 4. The molecule has 0 unspecified atom stereocenters. The Bertz CT molecular complexity index is 625. The molecule has 1 N–H and O–H groups in total. The summed E-state index contributed by atoms with van der Waals surface area (Å²) in [6.07, 6.45) is -4.71. The zero-order valence-corrected chi connectivity index (χ0v) is 11.6. The predicted octanol–water partition coefficient (Wildman–Crippen LogP) is 2.93. The normalized spacial score (nSPS) is 11.2. The lowest BCUT2D eigenvalue weighted by atomic mass is 10.1. The van der Waals surface area contributed by atoms with E-state index in [0.717, 1.165) is 17.1 Å². The minimum absolute atomic E-state index is 0.0188. The summed E-state index contributed by atoms with van der Waals surface area (Å²) in [5.74, 6) is -0.651. The number of carbonyl (C=O) groups excluding carboxylic acids is 1. The van der Waals surface area contributed by atoms with Crippen molar-refractivity contribution in [1.29, 1.82) is 0 Å². The molecule has 0 atom stereocenters. The van der Waals surface area contributed by atoms with E-state index in [4.69, 9.17) is 0 Å². The van der Waals surface area contributed by atoms with E-state index in [9.17, 15) is 18.0 Å². The van der Waals surface area contributed by atoms with Crippen molar-refractivity contribution in [3.63, 3.8) is 0 Å². The van der Waals surface area contributed by atoms with E-state index < -0.39 is 6.36 Å².